The summed E-state index contributed by atoms with van der Waals surface area (Å²) in [6.07, 6.45) is 2.34. The molecular weight excluding hydrogens is 280 g/mol. The molecule has 1 unspecified atom stereocenters. The highest BCUT2D eigenvalue weighted by atomic mass is 35.5. The van der Waals surface area contributed by atoms with Crippen LogP contribution in [0.3, 0.4) is 0 Å². The third-order valence-corrected chi connectivity index (χ3v) is 4.19. The van der Waals surface area contributed by atoms with Crippen molar-refractivity contribution in [2.24, 2.45) is 0 Å². The van der Waals surface area contributed by atoms with E-state index in [1.165, 1.54) is 12.0 Å². The van der Waals surface area contributed by atoms with Crippen molar-refractivity contribution in [2.75, 3.05) is 13.1 Å². The molecule has 0 aromatic heterocycles. The smallest absolute Gasteiger partial charge is 0.0406 e. The van der Waals surface area contributed by atoms with Crippen LogP contribution in [0.2, 0.25) is 5.02 Å². The first kappa shape index (κ1) is 18.5. The van der Waals surface area contributed by atoms with Crippen LogP contribution in [0, 0.1) is 0 Å². The van der Waals surface area contributed by atoms with Crippen LogP contribution >= 0.6 is 11.6 Å². The molecule has 3 heteroatoms. The van der Waals surface area contributed by atoms with Gasteiger partial charge in [-0.2, -0.15) is 0 Å². The van der Waals surface area contributed by atoms with Gasteiger partial charge in [-0.05, 0) is 51.8 Å². The molecule has 0 heterocycles. The van der Waals surface area contributed by atoms with Gasteiger partial charge in [0, 0.05) is 36.2 Å². The third-order valence-electron chi connectivity index (χ3n) is 3.94. The average Bonchev–Trinajstić information content (AvgIpc) is 2.42. The summed E-state index contributed by atoms with van der Waals surface area (Å²) < 4.78 is 0. The standard InChI is InChI=1S/C18H31ClN2/c1-6-7-18(16-8-10-17(19)11-9-16)20-12-13-21(14(2)3)15(4)5/h8-11,14-15,18,20H,6-7,12-13H2,1-5H3. The first-order valence-corrected chi connectivity index (χ1v) is 8.58. The van der Waals surface area contributed by atoms with Gasteiger partial charge >= 0.3 is 0 Å². The van der Waals surface area contributed by atoms with E-state index in [0.29, 0.717) is 18.1 Å². The number of benzene rings is 1. The topological polar surface area (TPSA) is 15.3 Å². The van der Waals surface area contributed by atoms with Gasteiger partial charge in [-0.1, -0.05) is 37.1 Å². The summed E-state index contributed by atoms with van der Waals surface area (Å²) in [4.78, 5) is 2.53. The third kappa shape index (κ3) is 6.37. The van der Waals surface area contributed by atoms with Crippen LogP contribution in [0.5, 0.6) is 0 Å². The average molecular weight is 311 g/mol. The second-order valence-corrected chi connectivity index (χ2v) is 6.71. The zero-order valence-electron chi connectivity index (χ0n) is 14.2. The molecule has 1 aromatic rings. The van der Waals surface area contributed by atoms with Crippen LogP contribution in [-0.4, -0.2) is 30.1 Å². The molecule has 0 aliphatic rings. The van der Waals surface area contributed by atoms with Crippen LogP contribution < -0.4 is 5.32 Å². The van der Waals surface area contributed by atoms with Gasteiger partial charge in [0.15, 0.2) is 0 Å². The van der Waals surface area contributed by atoms with E-state index in [1.807, 2.05) is 12.1 Å². The van der Waals surface area contributed by atoms with Crippen molar-refractivity contribution in [3.8, 4) is 0 Å². The molecule has 0 amide bonds. The molecule has 1 atom stereocenters. The summed E-state index contributed by atoms with van der Waals surface area (Å²) in [5.74, 6) is 0. The van der Waals surface area contributed by atoms with Gasteiger partial charge in [0.25, 0.3) is 0 Å². The Morgan fingerprint density at radius 2 is 1.62 bits per heavy atom. The van der Waals surface area contributed by atoms with Crippen LogP contribution in [0.1, 0.15) is 59.1 Å². The molecule has 0 spiro atoms. The molecule has 0 radical (unpaired) electrons. The monoisotopic (exact) mass is 310 g/mol. The maximum atomic E-state index is 5.98. The van der Waals surface area contributed by atoms with Crippen molar-refractivity contribution < 1.29 is 0 Å². The Kier molecular flexibility index (Phi) is 8.31. The molecule has 1 N–H and O–H groups in total. The van der Waals surface area contributed by atoms with E-state index in [-0.39, 0.29) is 0 Å². The summed E-state index contributed by atoms with van der Waals surface area (Å²) in [5, 5.41) is 4.52. The fourth-order valence-electron chi connectivity index (χ4n) is 2.85. The Morgan fingerprint density at radius 1 is 1.05 bits per heavy atom. The molecule has 21 heavy (non-hydrogen) atoms. The maximum Gasteiger partial charge on any atom is 0.0406 e. The van der Waals surface area contributed by atoms with Gasteiger partial charge in [0.05, 0.1) is 0 Å². The number of hydrogen-bond donors (Lipinski definition) is 1. The number of nitrogens with zero attached hydrogens (tertiary/aromatic N) is 1. The van der Waals surface area contributed by atoms with Crippen molar-refractivity contribution in [3.63, 3.8) is 0 Å². The van der Waals surface area contributed by atoms with E-state index < -0.39 is 0 Å². The van der Waals surface area contributed by atoms with E-state index in [2.05, 4.69) is 57.0 Å². The molecule has 0 saturated heterocycles. The lowest BCUT2D eigenvalue weighted by atomic mass is 10.0. The lowest BCUT2D eigenvalue weighted by molar-refractivity contribution is 0.173. The minimum atomic E-state index is 0.424. The lowest BCUT2D eigenvalue weighted by Crippen LogP contribution is -2.42. The van der Waals surface area contributed by atoms with E-state index >= 15 is 0 Å². The largest absolute Gasteiger partial charge is 0.309 e. The highest BCUT2D eigenvalue weighted by Gasteiger charge is 2.14. The number of rotatable bonds is 9. The van der Waals surface area contributed by atoms with E-state index in [1.54, 1.807) is 0 Å². The molecular formula is C18H31ClN2. The van der Waals surface area contributed by atoms with Crippen LogP contribution in [-0.2, 0) is 0 Å². The fraction of sp³-hybridized carbons (Fsp3) is 0.667. The van der Waals surface area contributed by atoms with Gasteiger partial charge in [-0.3, -0.25) is 4.90 Å². The van der Waals surface area contributed by atoms with Crippen LogP contribution in [0.25, 0.3) is 0 Å². The molecule has 2 nitrogen and oxygen atoms in total. The van der Waals surface area contributed by atoms with Gasteiger partial charge < -0.3 is 5.32 Å². The molecule has 0 aliphatic heterocycles. The summed E-state index contributed by atoms with van der Waals surface area (Å²) in [5.41, 5.74) is 1.34. The van der Waals surface area contributed by atoms with E-state index in [9.17, 15) is 0 Å². The second kappa shape index (κ2) is 9.45. The van der Waals surface area contributed by atoms with Crippen LogP contribution in [0.4, 0.5) is 0 Å². The Labute approximate surface area is 135 Å². The normalized spacial score (nSPS) is 13.4. The molecule has 0 aliphatic carbocycles. The van der Waals surface area contributed by atoms with Crippen molar-refractivity contribution in [1.82, 2.24) is 10.2 Å². The molecule has 0 bridgehead atoms. The van der Waals surface area contributed by atoms with Gasteiger partial charge in [-0.15, -0.1) is 0 Å². The van der Waals surface area contributed by atoms with Crippen molar-refractivity contribution in [2.45, 2.75) is 65.6 Å². The zero-order chi connectivity index (χ0) is 15.8. The van der Waals surface area contributed by atoms with E-state index in [0.717, 1.165) is 24.5 Å². The molecule has 0 fully saturated rings. The Hall–Kier alpha value is -0.570. The lowest BCUT2D eigenvalue weighted by Gasteiger charge is -2.31. The molecule has 0 saturated carbocycles. The highest BCUT2D eigenvalue weighted by Crippen LogP contribution is 2.20. The first-order valence-electron chi connectivity index (χ1n) is 8.20. The summed E-state index contributed by atoms with van der Waals surface area (Å²) >= 11 is 5.98. The minimum absolute atomic E-state index is 0.424. The Balaban J connectivity index is 2.57. The predicted octanol–water partition coefficient (Wildman–Crippen LogP) is 4.89. The van der Waals surface area contributed by atoms with E-state index in [4.69, 9.17) is 11.6 Å². The minimum Gasteiger partial charge on any atom is -0.309 e. The van der Waals surface area contributed by atoms with Gasteiger partial charge in [0.2, 0.25) is 0 Å². The zero-order valence-corrected chi connectivity index (χ0v) is 15.0. The Morgan fingerprint density at radius 3 is 2.10 bits per heavy atom. The SMILES string of the molecule is CCCC(NCCN(C(C)C)C(C)C)c1ccc(Cl)cc1. The predicted molar refractivity (Wildman–Crippen MR) is 94.1 cm³/mol. The van der Waals surface area contributed by atoms with Crippen molar-refractivity contribution in [1.29, 1.82) is 0 Å². The number of nitrogens with one attached hydrogen (secondary N) is 1. The van der Waals surface area contributed by atoms with Gasteiger partial charge in [0.1, 0.15) is 0 Å². The summed E-state index contributed by atoms with van der Waals surface area (Å²) in [7, 11) is 0. The second-order valence-electron chi connectivity index (χ2n) is 6.27. The number of halogens is 1. The molecule has 120 valence electrons. The van der Waals surface area contributed by atoms with Gasteiger partial charge in [-0.25, -0.2) is 0 Å². The summed E-state index contributed by atoms with van der Waals surface area (Å²) in [6, 6.07) is 9.84. The fourth-order valence-corrected chi connectivity index (χ4v) is 2.98. The van der Waals surface area contributed by atoms with Crippen molar-refractivity contribution in [3.05, 3.63) is 34.9 Å². The maximum absolute atomic E-state index is 5.98. The first-order chi connectivity index (χ1) is 9.95. The Bertz CT molecular complexity index is 379. The van der Waals surface area contributed by atoms with Crippen LogP contribution in [0.15, 0.2) is 24.3 Å². The van der Waals surface area contributed by atoms with Crippen molar-refractivity contribution >= 4 is 11.6 Å². The molecule has 1 aromatic carbocycles. The number of hydrogen-bond acceptors (Lipinski definition) is 2. The molecule has 1 rings (SSSR count). The summed E-state index contributed by atoms with van der Waals surface area (Å²) in [6.45, 7) is 13.4. The highest BCUT2D eigenvalue weighted by molar-refractivity contribution is 6.30. The quantitative estimate of drug-likeness (QED) is 0.698.